The summed E-state index contributed by atoms with van der Waals surface area (Å²) in [4.78, 5) is 0. The number of aliphatic hydroxyl groups excluding tert-OH is 2. The van der Waals surface area contributed by atoms with Crippen LogP contribution in [0.5, 0.6) is 0 Å². The van der Waals surface area contributed by atoms with Crippen LogP contribution in [0.4, 0.5) is 0 Å². The third-order valence-corrected chi connectivity index (χ3v) is 7.07. The number of ether oxygens (including phenoxy) is 4. The lowest BCUT2D eigenvalue weighted by Gasteiger charge is -2.32. The highest BCUT2D eigenvalue weighted by Crippen LogP contribution is 2.17. The molecule has 6 heteroatoms. The van der Waals surface area contributed by atoms with Gasteiger partial charge in [-0.3, -0.25) is 0 Å². The molecule has 0 aliphatic carbocycles. The van der Waals surface area contributed by atoms with E-state index < -0.39 is 24.4 Å². The molecule has 0 aliphatic heterocycles. The molecule has 0 aliphatic rings. The van der Waals surface area contributed by atoms with Crippen molar-refractivity contribution in [3.8, 4) is 0 Å². The zero-order chi connectivity index (χ0) is 29.6. The molecule has 6 nitrogen and oxygen atoms in total. The normalized spacial score (nSPS) is 14.3. The lowest BCUT2D eigenvalue weighted by atomic mass is 10.0. The second-order valence-corrected chi connectivity index (χ2v) is 10.7. The van der Waals surface area contributed by atoms with Gasteiger partial charge < -0.3 is 29.2 Å². The van der Waals surface area contributed by atoms with E-state index in [0.29, 0.717) is 13.2 Å². The van der Waals surface area contributed by atoms with Crippen molar-refractivity contribution in [3.63, 3.8) is 0 Å². The Morgan fingerprint density at radius 3 is 1.14 bits per heavy atom. The standard InChI is InChI=1S/C36H42O6/c1-27-13-17-31(18-14-27)21-39-25-33(41-23-29-9-5-3-6-10-29)35(37)36(38)34(42-24-30-11-7-4-8-12-30)26-40-22-32-19-15-28(2)16-20-32/h3-20,33-38H,21-26H2,1-2H3/t33-,34-,35-,36-/m1/s1. The first-order valence-electron chi connectivity index (χ1n) is 14.4. The zero-order valence-corrected chi connectivity index (χ0v) is 24.5. The summed E-state index contributed by atoms with van der Waals surface area (Å²) in [6.07, 6.45) is -4.16. The first kappa shape index (κ1) is 31.6. The Balaban J connectivity index is 1.43. The highest BCUT2D eigenvalue weighted by atomic mass is 16.6. The van der Waals surface area contributed by atoms with Crippen LogP contribution < -0.4 is 0 Å². The smallest absolute Gasteiger partial charge is 0.111 e. The van der Waals surface area contributed by atoms with Crippen LogP contribution in [-0.4, -0.2) is 47.8 Å². The molecule has 0 unspecified atom stereocenters. The van der Waals surface area contributed by atoms with E-state index in [2.05, 4.69) is 0 Å². The van der Waals surface area contributed by atoms with Crippen molar-refractivity contribution in [2.24, 2.45) is 0 Å². The van der Waals surface area contributed by atoms with Gasteiger partial charge in [0.25, 0.3) is 0 Å². The molecular weight excluding hydrogens is 528 g/mol. The molecule has 0 spiro atoms. The maximum atomic E-state index is 11.4. The van der Waals surface area contributed by atoms with Crippen molar-refractivity contribution in [2.75, 3.05) is 13.2 Å². The number of aliphatic hydroxyl groups is 2. The van der Waals surface area contributed by atoms with Crippen LogP contribution in [0.25, 0.3) is 0 Å². The Bertz CT molecular complexity index is 1180. The molecule has 2 N–H and O–H groups in total. The van der Waals surface area contributed by atoms with Gasteiger partial charge >= 0.3 is 0 Å². The van der Waals surface area contributed by atoms with E-state index in [0.717, 1.165) is 22.3 Å². The Morgan fingerprint density at radius 2 is 0.786 bits per heavy atom. The number of aryl methyl sites for hydroxylation is 2. The molecule has 4 aromatic carbocycles. The maximum Gasteiger partial charge on any atom is 0.111 e. The lowest BCUT2D eigenvalue weighted by molar-refractivity contribution is -0.170. The van der Waals surface area contributed by atoms with Gasteiger partial charge in [0.1, 0.15) is 24.4 Å². The minimum Gasteiger partial charge on any atom is -0.388 e. The van der Waals surface area contributed by atoms with E-state index >= 15 is 0 Å². The van der Waals surface area contributed by atoms with Crippen LogP contribution in [0, 0.1) is 13.8 Å². The highest BCUT2D eigenvalue weighted by Gasteiger charge is 2.34. The SMILES string of the molecule is Cc1ccc(COC[C@@H](OCc2ccccc2)[C@@H](O)[C@H](O)[C@@H](COCc2ccc(C)cc2)OCc2ccccc2)cc1. The fraction of sp³-hybridized carbons (Fsp3) is 0.333. The van der Waals surface area contributed by atoms with E-state index in [1.807, 2.05) is 123 Å². The van der Waals surface area contributed by atoms with Crippen LogP contribution in [0.15, 0.2) is 109 Å². The fourth-order valence-corrected chi connectivity index (χ4v) is 4.44. The van der Waals surface area contributed by atoms with E-state index in [9.17, 15) is 10.2 Å². The van der Waals surface area contributed by atoms with Gasteiger partial charge in [-0.25, -0.2) is 0 Å². The minimum atomic E-state index is -1.28. The molecule has 0 radical (unpaired) electrons. The average Bonchev–Trinajstić information content (AvgIpc) is 3.02. The van der Waals surface area contributed by atoms with Gasteiger partial charge in [0.15, 0.2) is 0 Å². The average molecular weight is 571 g/mol. The molecule has 4 rings (SSSR count). The topological polar surface area (TPSA) is 77.4 Å². The summed E-state index contributed by atoms with van der Waals surface area (Å²) in [6.45, 7) is 5.52. The van der Waals surface area contributed by atoms with Crippen molar-refractivity contribution in [2.45, 2.75) is 64.7 Å². The quantitative estimate of drug-likeness (QED) is 0.164. The van der Waals surface area contributed by atoms with E-state index in [1.54, 1.807) is 0 Å². The summed E-state index contributed by atoms with van der Waals surface area (Å²) in [6, 6.07) is 35.6. The number of rotatable bonds is 17. The largest absolute Gasteiger partial charge is 0.388 e. The Hall–Kier alpha value is -3.36. The summed E-state index contributed by atoms with van der Waals surface area (Å²) in [5.41, 5.74) is 6.30. The molecular formula is C36H42O6. The first-order chi connectivity index (χ1) is 20.5. The molecule has 0 saturated heterocycles. The molecule has 0 heterocycles. The third kappa shape index (κ3) is 10.5. The van der Waals surface area contributed by atoms with Gasteiger partial charge in [-0.15, -0.1) is 0 Å². The Labute approximate surface area is 249 Å². The number of hydrogen-bond donors (Lipinski definition) is 2. The van der Waals surface area contributed by atoms with Crippen molar-refractivity contribution < 1.29 is 29.2 Å². The van der Waals surface area contributed by atoms with Crippen LogP contribution in [0.2, 0.25) is 0 Å². The second-order valence-electron chi connectivity index (χ2n) is 10.7. The first-order valence-corrected chi connectivity index (χ1v) is 14.4. The molecule has 0 fully saturated rings. The highest BCUT2D eigenvalue weighted by molar-refractivity contribution is 5.21. The minimum absolute atomic E-state index is 0.0918. The van der Waals surface area contributed by atoms with E-state index in [1.165, 1.54) is 11.1 Å². The van der Waals surface area contributed by atoms with Crippen LogP contribution in [0.3, 0.4) is 0 Å². The van der Waals surface area contributed by atoms with E-state index in [4.69, 9.17) is 18.9 Å². The monoisotopic (exact) mass is 570 g/mol. The van der Waals surface area contributed by atoms with Crippen LogP contribution in [-0.2, 0) is 45.4 Å². The van der Waals surface area contributed by atoms with Crippen LogP contribution in [0.1, 0.15) is 33.4 Å². The predicted octanol–water partition coefficient (Wildman–Crippen LogP) is 5.93. The maximum absolute atomic E-state index is 11.4. The van der Waals surface area contributed by atoms with Gasteiger partial charge in [0.05, 0.1) is 39.6 Å². The molecule has 4 atom stereocenters. The van der Waals surface area contributed by atoms with Gasteiger partial charge in [-0.1, -0.05) is 120 Å². The molecule has 0 saturated carbocycles. The van der Waals surface area contributed by atoms with Gasteiger partial charge in [0, 0.05) is 0 Å². The molecule has 0 amide bonds. The molecule has 0 aromatic heterocycles. The van der Waals surface area contributed by atoms with Gasteiger partial charge in [-0.05, 0) is 36.1 Å². The molecule has 222 valence electrons. The third-order valence-electron chi connectivity index (χ3n) is 7.07. The number of benzene rings is 4. The molecule has 0 bridgehead atoms. The number of hydrogen-bond acceptors (Lipinski definition) is 6. The van der Waals surface area contributed by atoms with Crippen molar-refractivity contribution in [1.82, 2.24) is 0 Å². The van der Waals surface area contributed by atoms with E-state index in [-0.39, 0.29) is 26.4 Å². The molecule has 4 aromatic rings. The summed E-state index contributed by atoms with van der Waals surface area (Å²) < 4.78 is 24.2. The molecule has 42 heavy (non-hydrogen) atoms. The van der Waals surface area contributed by atoms with Crippen molar-refractivity contribution in [3.05, 3.63) is 143 Å². The van der Waals surface area contributed by atoms with Gasteiger partial charge in [-0.2, -0.15) is 0 Å². The van der Waals surface area contributed by atoms with Crippen molar-refractivity contribution in [1.29, 1.82) is 0 Å². The van der Waals surface area contributed by atoms with Gasteiger partial charge in [0.2, 0.25) is 0 Å². The lowest BCUT2D eigenvalue weighted by Crippen LogP contribution is -2.49. The summed E-state index contributed by atoms with van der Waals surface area (Å²) >= 11 is 0. The zero-order valence-electron chi connectivity index (χ0n) is 24.5. The predicted molar refractivity (Wildman–Crippen MR) is 164 cm³/mol. The fourth-order valence-electron chi connectivity index (χ4n) is 4.44. The Morgan fingerprint density at radius 1 is 0.452 bits per heavy atom. The van der Waals surface area contributed by atoms with Crippen LogP contribution >= 0.6 is 0 Å². The summed E-state index contributed by atoms with van der Waals surface area (Å²) in [5.74, 6) is 0. The summed E-state index contributed by atoms with van der Waals surface area (Å²) in [7, 11) is 0. The summed E-state index contributed by atoms with van der Waals surface area (Å²) in [5, 5.41) is 22.8. The Kier molecular flexibility index (Phi) is 12.7. The van der Waals surface area contributed by atoms with Crippen molar-refractivity contribution >= 4 is 0 Å². The second kappa shape index (κ2) is 16.9.